The van der Waals surface area contributed by atoms with Crippen molar-refractivity contribution < 1.29 is 9.66 Å². The Balaban J connectivity index is 2.21. The number of anilines is 2. The Labute approximate surface area is 122 Å². The first-order chi connectivity index (χ1) is 10.2. The van der Waals surface area contributed by atoms with Crippen LogP contribution in [0.2, 0.25) is 0 Å². The SMILES string of the molecule is CNc1cccc(NCc2cccc(OC)c2)c1[N+](=O)[O-]. The number of rotatable bonds is 6. The highest BCUT2D eigenvalue weighted by Crippen LogP contribution is 2.32. The van der Waals surface area contributed by atoms with Crippen LogP contribution in [0.3, 0.4) is 0 Å². The van der Waals surface area contributed by atoms with Gasteiger partial charge in [-0.25, -0.2) is 0 Å². The van der Waals surface area contributed by atoms with Gasteiger partial charge in [-0.05, 0) is 29.8 Å². The van der Waals surface area contributed by atoms with Crippen molar-refractivity contribution in [1.82, 2.24) is 0 Å². The second kappa shape index (κ2) is 6.60. The van der Waals surface area contributed by atoms with E-state index in [1.54, 1.807) is 32.4 Å². The zero-order chi connectivity index (χ0) is 15.2. The summed E-state index contributed by atoms with van der Waals surface area (Å²) in [7, 11) is 3.27. The Morgan fingerprint density at radius 3 is 2.57 bits per heavy atom. The first-order valence-electron chi connectivity index (χ1n) is 6.47. The number of nitrogens with one attached hydrogen (secondary N) is 2. The van der Waals surface area contributed by atoms with Gasteiger partial charge in [0.05, 0.1) is 12.0 Å². The van der Waals surface area contributed by atoms with Crippen LogP contribution in [0, 0.1) is 10.1 Å². The molecule has 0 saturated carbocycles. The molecular weight excluding hydrogens is 270 g/mol. The number of ether oxygens (including phenoxy) is 1. The maximum absolute atomic E-state index is 11.2. The van der Waals surface area contributed by atoms with E-state index in [1.807, 2.05) is 24.3 Å². The van der Waals surface area contributed by atoms with E-state index in [0.717, 1.165) is 11.3 Å². The smallest absolute Gasteiger partial charge is 0.315 e. The molecule has 0 aliphatic carbocycles. The van der Waals surface area contributed by atoms with Crippen molar-refractivity contribution in [1.29, 1.82) is 0 Å². The minimum Gasteiger partial charge on any atom is -0.497 e. The van der Waals surface area contributed by atoms with Crippen LogP contribution in [0.25, 0.3) is 0 Å². The molecule has 0 saturated heterocycles. The summed E-state index contributed by atoms with van der Waals surface area (Å²) < 4.78 is 5.16. The average molecular weight is 287 g/mol. The molecule has 2 N–H and O–H groups in total. The first-order valence-corrected chi connectivity index (χ1v) is 6.47. The summed E-state index contributed by atoms with van der Waals surface area (Å²) >= 11 is 0. The highest BCUT2D eigenvalue weighted by atomic mass is 16.6. The van der Waals surface area contributed by atoms with E-state index in [0.29, 0.717) is 17.9 Å². The Kier molecular flexibility index (Phi) is 4.61. The van der Waals surface area contributed by atoms with Crippen molar-refractivity contribution in [3.8, 4) is 5.75 Å². The van der Waals surface area contributed by atoms with Gasteiger partial charge in [-0.15, -0.1) is 0 Å². The topological polar surface area (TPSA) is 76.4 Å². The maximum atomic E-state index is 11.2. The molecule has 110 valence electrons. The summed E-state index contributed by atoms with van der Waals surface area (Å²) in [5.74, 6) is 0.757. The lowest BCUT2D eigenvalue weighted by molar-refractivity contribution is -0.383. The number of hydrogen-bond acceptors (Lipinski definition) is 5. The molecule has 6 heteroatoms. The molecular formula is C15H17N3O3. The zero-order valence-electron chi connectivity index (χ0n) is 11.9. The van der Waals surface area contributed by atoms with Gasteiger partial charge < -0.3 is 15.4 Å². The number of nitrogens with zero attached hydrogens (tertiary/aromatic N) is 1. The summed E-state index contributed by atoms with van der Waals surface area (Å²) in [4.78, 5) is 10.8. The molecule has 0 radical (unpaired) electrons. The fourth-order valence-corrected chi connectivity index (χ4v) is 2.06. The molecule has 0 aliphatic heterocycles. The van der Waals surface area contributed by atoms with Gasteiger partial charge in [0.2, 0.25) is 0 Å². The van der Waals surface area contributed by atoms with Gasteiger partial charge >= 0.3 is 5.69 Å². The fraction of sp³-hybridized carbons (Fsp3) is 0.200. The maximum Gasteiger partial charge on any atom is 0.315 e. The van der Waals surface area contributed by atoms with Crippen LogP contribution in [0.15, 0.2) is 42.5 Å². The monoisotopic (exact) mass is 287 g/mol. The summed E-state index contributed by atoms with van der Waals surface area (Å²) in [6, 6.07) is 12.7. The molecule has 2 rings (SSSR count). The van der Waals surface area contributed by atoms with E-state index in [9.17, 15) is 10.1 Å². The van der Waals surface area contributed by atoms with Crippen LogP contribution in [0.1, 0.15) is 5.56 Å². The van der Waals surface area contributed by atoms with E-state index in [1.165, 1.54) is 0 Å². The fourth-order valence-electron chi connectivity index (χ4n) is 2.06. The lowest BCUT2D eigenvalue weighted by Gasteiger charge is -2.10. The largest absolute Gasteiger partial charge is 0.497 e. The number of para-hydroxylation sites is 1. The highest BCUT2D eigenvalue weighted by molar-refractivity contribution is 5.76. The normalized spacial score (nSPS) is 10.0. The van der Waals surface area contributed by atoms with E-state index in [2.05, 4.69) is 10.6 Å². The molecule has 0 fully saturated rings. The van der Waals surface area contributed by atoms with Crippen LogP contribution in [-0.4, -0.2) is 19.1 Å². The van der Waals surface area contributed by atoms with E-state index >= 15 is 0 Å². The highest BCUT2D eigenvalue weighted by Gasteiger charge is 2.18. The van der Waals surface area contributed by atoms with Crippen LogP contribution in [0.5, 0.6) is 5.75 Å². The molecule has 0 amide bonds. The van der Waals surface area contributed by atoms with Gasteiger partial charge in [-0.3, -0.25) is 10.1 Å². The molecule has 0 spiro atoms. The van der Waals surface area contributed by atoms with Crippen molar-refractivity contribution in [3.05, 3.63) is 58.1 Å². The summed E-state index contributed by atoms with van der Waals surface area (Å²) in [6.45, 7) is 0.477. The van der Waals surface area contributed by atoms with Gasteiger partial charge in [0.25, 0.3) is 0 Å². The molecule has 2 aromatic rings. The molecule has 0 atom stereocenters. The molecule has 0 aliphatic rings. The first kappa shape index (κ1) is 14.6. The molecule has 2 aromatic carbocycles. The Hall–Kier alpha value is -2.76. The van der Waals surface area contributed by atoms with Crippen LogP contribution >= 0.6 is 0 Å². The molecule has 6 nitrogen and oxygen atoms in total. The Morgan fingerprint density at radius 1 is 1.19 bits per heavy atom. The second-order valence-corrected chi connectivity index (χ2v) is 4.41. The Bertz CT molecular complexity index is 644. The van der Waals surface area contributed by atoms with Crippen LogP contribution in [-0.2, 0) is 6.54 Å². The zero-order valence-corrected chi connectivity index (χ0v) is 11.9. The minimum absolute atomic E-state index is 0.0443. The summed E-state index contributed by atoms with van der Waals surface area (Å²) in [6.07, 6.45) is 0. The predicted octanol–water partition coefficient (Wildman–Crippen LogP) is 3.26. The van der Waals surface area contributed by atoms with E-state index in [-0.39, 0.29) is 10.6 Å². The van der Waals surface area contributed by atoms with Crippen molar-refractivity contribution >= 4 is 17.1 Å². The van der Waals surface area contributed by atoms with Crippen LogP contribution < -0.4 is 15.4 Å². The standard InChI is InChI=1S/C15H17N3O3/c1-16-13-7-4-8-14(15(13)18(19)20)17-10-11-5-3-6-12(9-11)21-2/h3-9,16-17H,10H2,1-2H3. The van der Waals surface area contributed by atoms with E-state index < -0.39 is 0 Å². The van der Waals surface area contributed by atoms with Crippen molar-refractivity contribution in [3.63, 3.8) is 0 Å². The van der Waals surface area contributed by atoms with Gasteiger partial charge in [0, 0.05) is 13.6 Å². The summed E-state index contributed by atoms with van der Waals surface area (Å²) in [5, 5.41) is 17.2. The molecule has 21 heavy (non-hydrogen) atoms. The second-order valence-electron chi connectivity index (χ2n) is 4.41. The third kappa shape index (κ3) is 3.42. The number of nitro benzene ring substituents is 1. The van der Waals surface area contributed by atoms with Crippen molar-refractivity contribution in [2.45, 2.75) is 6.54 Å². The quantitative estimate of drug-likeness (QED) is 0.630. The van der Waals surface area contributed by atoms with Crippen LogP contribution in [0.4, 0.5) is 17.1 Å². The number of nitro groups is 1. The number of methoxy groups -OCH3 is 1. The predicted molar refractivity (Wildman–Crippen MR) is 83.0 cm³/mol. The third-order valence-corrected chi connectivity index (χ3v) is 3.11. The van der Waals surface area contributed by atoms with Gasteiger partial charge in [0.15, 0.2) is 0 Å². The van der Waals surface area contributed by atoms with E-state index in [4.69, 9.17) is 4.74 Å². The van der Waals surface area contributed by atoms with Crippen molar-refractivity contribution in [2.24, 2.45) is 0 Å². The van der Waals surface area contributed by atoms with Gasteiger partial charge in [-0.1, -0.05) is 18.2 Å². The lowest BCUT2D eigenvalue weighted by Crippen LogP contribution is -2.05. The molecule has 0 heterocycles. The minimum atomic E-state index is -0.389. The third-order valence-electron chi connectivity index (χ3n) is 3.11. The lowest BCUT2D eigenvalue weighted by atomic mass is 10.2. The van der Waals surface area contributed by atoms with Gasteiger partial charge in [0.1, 0.15) is 17.1 Å². The molecule has 0 aromatic heterocycles. The number of hydrogen-bond donors (Lipinski definition) is 2. The average Bonchev–Trinajstić information content (AvgIpc) is 2.52. The van der Waals surface area contributed by atoms with Crippen molar-refractivity contribution in [2.75, 3.05) is 24.8 Å². The summed E-state index contributed by atoms with van der Waals surface area (Å²) in [5.41, 5.74) is 1.99. The molecule has 0 bridgehead atoms. The Morgan fingerprint density at radius 2 is 1.90 bits per heavy atom. The number of benzene rings is 2. The van der Waals surface area contributed by atoms with Gasteiger partial charge in [-0.2, -0.15) is 0 Å². The molecule has 0 unspecified atom stereocenters.